The average Bonchev–Trinajstić information content (AvgIpc) is 4.13. The number of rotatable bonds is 28. The predicted octanol–water partition coefficient (Wildman–Crippen LogP) is -3.49. The van der Waals surface area contributed by atoms with E-state index in [2.05, 4.69) is 26.6 Å². The number of pyridine rings is 2. The maximum Gasteiger partial charge on any atom is 0.343 e. The Morgan fingerprint density at radius 1 is 0.866 bits per heavy atom. The van der Waals surface area contributed by atoms with Gasteiger partial charge in [0.05, 0.1) is 35.6 Å². The summed E-state index contributed by atoms with van der Waals surface area (Å²) in [7, 11) is 1.24. The minimum absolute atomic E-state index is 0.0284. The van der Waals surface area contributed by atoms with E-state index in [1.54, 1.807) is 26.0 Å². The Labute approximate surface area is 470 Å². The third-order valence-corrected chi connectivity index (χ3v) is 14.9. The highest BCUT2D eigenvalue weighted by Crippen LogP contribution is 2.41. The van der Waals surface area contributed by atoms with Gasteiger partial charge in [-0.1, -0.05) is 6.92 Å². The van der Waals surface area contributed by atoms with Gasteiger partial charge in [0, 0.05) is 62.2 Å². The van der Waals surface area contributed by atoms with Crippen LogP contribution in [0.1, 0.15) is 94.0 Å². The molecule has 0 saturated carbocycles. The molecule has 3 aromatic rings. The number of aliphatic hydroxyl groups excluding tert-OH is 7. The van der Waals surface area contributed by atoms with Crippen molar-refractivity contribution in [2.75, 3.05) is 40.1 Å². The number of hydrogen-bond donors (Lipinski definition) is 13. The summed E-state index contributed by atoms with van der Waals surface area (Å²) in [6.07, 6.45) is -6.80. The minimum Gasteiger partial charge on any atom is -0.458 e. The number of aliphatic hydroxyl groups is 8. The molecule has 1 aromatic carbocycles. The molecule has 28 heteroatoms. The van der Waals surface area contributed by atoms with Gasteiger partial charge in [-0.05, 0) is 95.2 Å². The van der Waals surface area contributed by atoms with E-state index in [4.69, 9.17) is 19.6 Å². The molecule has 6 amide bonds. The first-order valence-electron chi connectivity index (χ1n) is 26.9. The van der Waals surface area contributed by atoms with Gasteiger partial charge in [0.25, 0.3) is 5.56 Å². The number of halogens is 1. The average molecular weight is 1160 g/mol. The van der Waals surface area contributed by atoms with Gasteiger partial charge in [0.2, 0.25) is 35.4 Å². The first kappa shape index (κ1) is 64.3. The monoisotopic (exact) mass is 1160 g/mol. The van der Waals surface area contributed by atoms with Crippen molar-refractivity contribution in [1.29, 1.82) is 0 Å². The molecule has 0 aliphatic carbocycles. The molecular formula is C54H74FN9O18. The Morgan fingerprint density at radius 3 is 2.12 bits per heavy atom. The van der Waals surface area contributed by atoms with E-state index in [1.165, 1.54) is 55.5 Å². The van der Waals surface area contributed by atoms with Crippen LogP contribution in [0.4, 0.5) is 4.39 Å². The quantitative estimate of drug-likeness (QED) is 0.0114. The van der Waals surface area contributed by atoms with E-state index in [1.807, 2.05) is 0 Å². The Kier molecular flexibility index (Phi) is 21.9. The van der Waals surface area contributed by atoms with Crippen LogP contribution in [-0.4, -0.2) is 203 Å². The van der Waals surface area contributed by atoms with Gasteiger partial charge in [-0.2, -0.15) is 0 Å². The number of aryl methyl sites for hydroxylation is 2. The molecule has 11 atom stereocenters. The summed E-state index contributed by atoms with van der Waals surface area (Å²) in [4.78, 5) is 112. The standard InChI is InChI=1S/C54H74FN9O18/c1-7-54(80)34-19-38-45-32(21-64(38)52(78)33(34)24-82-53(54)79)30(31-18-26(2)35(55)20-37(31)61-45)10-8-9-17-81-25-56-48(74)27(3)57-49(75)28(4)58-50(76)29(5)59-51(77)36(60-41(68)15-16-63-43(70)13-14-44(63)71)11-12-42(69)62(6)22-39(66)46(72)47(73)40(67)23-65/h13-14,18-20,27-29,36,39-40,43-44,46-47,65-67,70-73,80H,7-12,15-17,21-25H2,1-6H3,(H,56,74)(H,57,75)(H,58,76)(H,59,77)(H,60,68)/t27-,28-,29-,36-,39-,40+,43?,44?,46+,47+,54-/m0/s1. The molecular weight excluding hydrogens is 1080 g/mol. The number of esters is 1. The zero-order chi connectivity index (χ0) is 60.5. The second-order valence-corrected chi connectivity index (χ2v) is 20.8. The topological polar surface area (TPSA) is 401 Å². The van der Waals surface area contributed by atoms with Gasteiger partial charge in [0.15, 0.2) is 5.60 Å². The summed E-state index contributed by atoms with van der Waals surface area (Å²) in [5.74, 6) is -5.92. The third-order valence-electron chi connectivity index (χ3n) is 14.9. The molecule has 82 heavy (non-hydrogen) atoms. The normalized spacial score (nSPS) is 20.2. The van der Waals surface area contributed by atoms with Crippen LogP contribution >= 0.6 is 0 Å². The van der Waals surface area contributed by atoms with E-state index in [-0.39, 0.29) is 63.4 Å². The maximum absolute atomic E-state index is 14.9. The maximum atomic E-state index is 14.9. The lowest BCUT2D eigenvalue weighted by atomic mass is 9.86. The number of carbonyl (C=O) groups is 7. The third kappa shape index (κ3) is 14.8. The zero-order valence-electron chi connectivity index (χ0n) is 46.4. The van der Waals surface area contributed by atoms with Crippen molar-refractivity contribution in [1.82, 2.24) is 45.9 Å². The smallest absolute Gasteiger partial charge is 0.343 e. The Bertz CT molecular complexity index is 2970. The second kappa shape index (κ2) is 27.9. The number of hydrogen-bond acceptors (Lipinski definition) is 20. The van der Waals surface area contributed by atoms with E-state index in [0.29, 0.717) is 47.1 Å². The summed E-state index contributed by atoms with van der Waals surface area (Å²) in [5, 5.41) is 93.7. The fraction of sp³-hybridized carbons (Fsp3) is 0.574. The van der Waals surface area contributed by atoms with Crippen LogP contribution in [0.2, 0.25) is 0 Å². The molecule has 2 unspecified atom stereocenters. The zero-order valence-corrected chi connectivity index (χ0v) is 46.4. The number of amides is 6. The fourth-order valence-corrected chi connectivity index (χ4v) is 9.74. The lowest BCUT2D eigenvalue weighted by Crippen LogP contribution is -2.56. The lowest BCUT2D eigenvalue weighted by Gasteiger charge is -2.31. The number of fused-ring (bicyclic) bond motifs is 5. The molecule has 3 aliphatic heterocycles. The van der Waals surface area contributed by atoms with Crippen LogP contribution in [0, 0.1) is 12.7 Å². The number of ether oxygens (including phenoxy) is 2. The Balaban J connectivity index is 0.966. The van der Waals surface area contributed by atoms with Crippen LogP contribution in [-0.2, 0) is 68.2 Å². The van der Waals surface area contributed by atoms with Gasteiger partial charge >= 0.3 is 5.97 Å². The summed E-state index contributed by atoms with van der Waals surface area (Å²) < 4.78 is 27.3. The fourth-order valence-electron chi connectivity index (χ4n) is 9.74. The van der Waals surface area contributed by atoms with Crippen molar-refractivity contribution in [2.45, 2.75) is 159 Å². The first-order chi connectivity index (χ1) is 38.7. The first-order valence-corrected chi connectivity index (χ1v) is 26.9. The van der Waals surface area contributed by atoms with E-state index >= 15 is 0 Å². The van der Waals surface area contributed by atoms with Gasteiger partial charge < -0.3 is 86.4 Å². The largest absolute Gasteiger partial charge is 0.458 e. The number of aromatic nitrogens is 2. The van der Waals surface area contributed by atoms with Crippen LogP contribution in [0.5, 0.6) is 0 Å². The number of unbranched alkanes of at least 4 members (excludes halogenated alkanes) is 1. The number of nitrogens with zero attached hydrogens (tertiary/aromatic N) is 4. The van der Waals surface area contributed by atoms with Gasteiger partial charge in [-0.15, -0.1) is 0 Å². The highest BCUT2D eigenvalue weighted by Gasteiger charge is 2.46. The Hall–Kier alpha value is -6.86. The molecule has 6 rings (SSSR count). The minimum atomic E-state index is -2.02. The number of carbonyl (C=O) groups excluding carboxylic acids is 7. The Morgan fingerprint density at radius 2 is 1.49 bits per heavy atom. The molecule has 0 radical (unpaired) electrons. The van der Waals surface area contributed by atoms with Crippen molar-refractivity contribution in [3.63, 3.8) is 0 Å². The number of benzene rings is 1. The molecule has 0 saturated heterocycles. The highest BCUT2D eigenvalue weighted by molar-refractivity contribution is 5.95. The van der Waals surface area contributed by atoms with Crippen LogP contribution < -0.4 is 32.1 Å². The SMILES string of the molecule is CC[C@@]1(O)C(=O)OCc2c1cc1n(c2=O)Cc2c-1nc1cc(F)c(C)cc1c2CCCCOCNC(=O)[C@H](C)NC(=O)[C@H](C)NC(=O)[C@H](C)NC(=O)[C@H](CCC(=O)N(C)C[C@H](O)[C@@H](O)[C@H](O)[C@H](O)CO)NC(=O)CCN1C(O)C=CC1O. The lowest BCUT2D eigenvalue weighted by molar-refractivity contribution is -0.172. The van der Waals surface area contributed by atoms with Crippen LogP contribution in [0.3, 0.4) is 0 Å². The molecule has 0 spiro atoms. The van der Waals surface area contributed by atoms with E-state index in [0.717, 1.165) is 16.0 Å². The number of likely N-dealkylation sites (N-methyl/N-ethyl adjacent to an activating group) is 1. The number of nitrogens with one attached hydrogen (secondary N) is 5. The summed E-state index contributed by atoms with van der Waals surface area (Å²) >= 11 is 0. The van der Waals surface area contributed by atoms with E-state index < -0.39 is 139 Å². The number of cyclic esters (lactones) is 1. The molecule has 3 aliphatic rings. The molecule has 450 valence electrons. The van der Waals surface area contributed by atoms with Crippen LogP contribution in [0.25, 0.3) is 22.3 Å². The van der Waals surface area contributed by atoms with Gasteiger partial charge in [-0.3, -0.25) is 33.6 Å². The summed E-state index contributed by atoms with van der Waals surface area (Å²) in [5.41, 5.74) is 1.08. The van der Waals surface area contributed by atoms with Gasteiger partial charge in [0.1, 0.15) is 80.2 Å². The summed E-state index contributed by atoms with van der Waals surface area (Å²) in [6, 6.07) is -0.497. The molecule has 5 heterocycles. The van der Waals surface area contributed by atoms with Gasteiger partial charge in [-0.25, -0.2) is 19.1 Å². The van der Waals surface area contributed by atoms with Crippen molar-refractivity contribution in [3.05, 3.63) is 74.3 Å². The predicted molar refractivity (Wildman–Crippen MR) is 286 cm³/mol. The van der Waals surface area contributed by atoms with Crippen molar-refractivity contribution in [3.8, 4) is 11.4 Å². The molecule has 2 aromatic heterocycles. The van der Waals surface area contributed by atoms with Crippen molar-refractivity contribution < 1.29 is 88.3 Å². The van der Waals surface area contributed by atoms with Crippen LogP contribution in [0.15, 0.2) is 35.1 Å². The van der Waals surface area contributed by atoms with Crippen molar-refractivity contribution in [2.24, 2.45) is 0 Å². The molecule has 0 fully saturated rings. The van der Waals surface area contributed by atoms with E-state index in [9.17, 15) is 78.5 Å². The summed E-state index contributed by atoms with van der Waals surface area (Å²) in [6.45, 7) is 5.48. The molecule has 13 N–H and O–H groups in total. The highest BCUT2D eigenvalue weighted by atomic mass is 19.1. The molecule has 0 bridgehead atoms. The van der Waals surface area contributed by atoms with Crippen molar-refractivity contribution >= 4 is 52.3 Å². The second-order valence-electron chi connectivity index (χ2n) is 20.8. The molecule has 27 nitrogen and oxygen atoms in total.